The zero-order valence-electron chi connectivity index (χ0n) is 10.2. The molecule has 3 rings (SSSR count). The minimum Gasteiger partial charge on any atom is -0.406 e. The maximum absolute atomic E-state index is 11.8. The van der Waals surface area contributed by atoms with E-state index in [0.717, 1.165) is 5.56 Å². The monoisotopic (exact) mass is 285 g/mol. The van der Waals surface area contributed by atoms with Crippen molar-refractivity contribution < 1.29 is 4.42 Å². The Morgan fingerprint density at radius 3 is 3.00 bits per heavy atom. The summed E-state index contributed by atoms with van der Waals surface area (Å²) in [5.74, 6) is -0.487. The van der Waals surface area contributed by atoms with Crippen LogP contribution in [0.25, 0.3) is 11.2 Å². The molecule has 0 amide bonds. The first-order valence-electron chi connectivity index (χ1n) is 5.82. The third-order valence-corrected chi connectivity index (χ3v) is 3.29. The van der Waals surface area contributed by atoms with Crippen LogP contribution in [0.2, 0.25) is 5.02 Å². The Labute approximate surface area is 118 Å². The smallest absolute Gasteiger partial charge is 0.406 e. The number of hydrogen-bond donors (Lipinski definition) is 0. The molecule has 2 heterocycles. The van der Waals surface area contributed by atoms with Crippen LogP contribution >= 0.6 is 11.6 Å². The predicted molar refractivity (Wildman–Crippen MR) is 73.5 cm³/mol. The minimum atomic E-state index is -0.487. The molecule has 0 spiro atoms. The highest BCUT2D eigenvalue weighted by molar-refractivity contribution is 6.31. The third-order valence-electron chi connectivity index (χ3n) is 2.93. The standard InChI is InChI=1S/C14H8ClN3O2/c15-11-6-9(7-16)3-4-10(11)8-18-13-12(20-14(18)19)2-1-5-17-13/h1-6H,8H2. The lowest BCUT2D eigenvalue weighted by atomic mass is 10.1. The first-order valence-corrected chi connectivity index (χ1v) is 6.20. The summed E-state index contributed by atoms with van der Waals surface area (Å²) in [6.07, 6.45) is 1.59. The summed E-state index contributed by atoms with van der Waals surface area (Å²) >= 11 is 6.11. The van der Waals surface area contributed by atoms with Crippen LogP contribution in [0.5, 0.6) is 0 Å². The quantitative estimate of drug-likeness (QED) is 0.725. The van der Waals surface area contributed by atoms with Gasteiger partial charge in [-0.15, -0.1) is 0 Å². The van der Waals surface area contributed by atoms with E-state index in [2.05, 4.69) is 4.98 Å². The van der Waals surface area contributed by atoms with E-state index >= 15 is 0 Å². The largest absolute Gasteiger partial charge is 0.421 e. The van der Waals surface area contributed by atoms with Gasteiger partial charge in [0.1, 0.15) is 0 Å². The Hall–Kier alpha value is -2.58. The predicted octanol–water partition coefficient (Wildman–Crippen LogP) is 2.56. The maximum atomic E-state index is 11.8. The second kappa shape index (κ2) is 4.83. The van der Waals surface area contributed by atoms with Crippen molar-refractivity contribution in [3.63, 3.8) is 0 Å². The number of benzene rings is 1. The van der Waals surface area contributed by atoms with Crippen molar-refractivity contribution in [3.05, 3.63) is 63.2 Å². The average molecular weight is 286 g/mol. The van der Waals surface area contributed by atoms with Gasteiger partial charge in [-0.1, -0.05) is 17.7 Å². The van der Waals surface area contributed by atoms with Crippen LogP contribution in [0.4, 0.5) is 0 Å². The van der Waals surface area contributed by atoms with E-state index in [1.54, 1.807) is 36.5 Å². The van der Waals surface area contributed by atoms with Gasteiger partial charge < -0.3 is 4.42 Å². The van der Waals surface area contributed by atoms with E-state index in [1.807, 2.05) is 6.07 Å². The molecule has 0 unspecified atom stereocenters. The van der Waals surface area contributed by atoms with Gasteiger partial charge in [-0.2, -0.15) is 5.26 Å². The van der Waals surface area contributed by atoms with Crippen LogP contribution in [0.3, 0.4) is 0 Å². The van der Waals surface area contributed by atoms with Crippen molar-refractivity contribution in [2.24, 2.45) is 0 Å². The summed E-state index contributed by atoms with van der Waals surface area (Å²) in [7, 11) is 0. The fourth-order valence-electron chi connectivity index (χ4n) is 1.96. The number of nitriles is 1. The summed E-state index contributed by atoms with van der Waals surface area (Å²) in [6, 6.07) is 10.3. The third kappa shape index (κ3) is 2.06. The van der Waals surface area contributed by atoms with Gasteiger partial charge in [0, 0.05) is 11.2 Å². The molecule has 20 heavy (non-hydrogen) atoms. The van der Waals surface area contributed by atoms with E-state index in [9.17, 15) is 4.79 Å². The molecule has 0 aliphatic rings. The Kier molecular flexibility index (Phi) is 3.01. The molecule has 98 valence electrons. The number of aromatic nitrogens is 2. The molecule has 0 atom stereocenters. The molecule has 0 aliphatic heterocycles. The molecular formula is C14H8ClN3O2. The molecule has 6 heteroatoms. The van der Waals surface area contributed by atoms with Crippen molar-refractivity contribution in [1.29, 1.82) is 5.26 Å². The molecule has 5 nitrogen and oxygen atoms in total. The molecule has 0 bridgehead atoms. The van der Waals surface area contributed by atoms with E-state index in [1.165, 1.54) is 4.57 Å². The van der Waals surface area contributed by atoms with Crippen LogP contribution in [-0.2, 0) is 6.54 Å². The van der Waals surface area contributed by atoms with Gasteiger partial charge in [0.25, 0.3) is 0 Å². The molecule has 0 fully saturated rings. The fourth-order valence-corrected chi connectivity index (χ4v) is 2.20. The van der Waals surface area contributed by atoms with Crippen LogP contribution in [-0.4, -0.2) is 9.55 Å². The van der Waals surface area contributed by atoms with Gasteiger partial charge in [-0.05, 0) is 29.8 Å². The lowest BCUT2D eigenvalue weighted by Gasteiger charge is -2.04. The van der Waals surface area contributed by atoms with Crippen molar-refractivity contribution in [3.8, 4) is 6.07 Å². The number of pyridine rings is 1. The summed E-state index contributed by atoms with van der Waals surface area (Å²) in [5.41, 5.74) is 2.10. The van der Waals surface area contributed by atoms with Crippen molar-refractivity contribution in [1.82, 2.24) is 9.55 Å². The zero-order valence-corrected chi connectivity index (χ0v) is 11.0. The number of oxazole rings is 1. The Morgan fingerprint density at radius 2 is 2.25 bits per heavy atom. The number of hydrogen-bond acceptors (Lipinski definition) is 4. The molecule has 2 aromatic heterocycles. The van der Waals surface area contributed by atoms with E-state index in [0.29, 0.717) is 21.8 Å². The topological polar surface area (TPSA) is 71.8 Å². The second-order valence-electron chi connectivity index (χ2n) is 4.20. The molecule has 0 N–H and O–H groups in total. The van der Waals surface area contributed by atoms with E-state index in [-0.39, 0.29) is 6.54 Å². The first-order chi connectivity index (χ1) is 9.69. The zero-order chi connectivity index (χ0) is 14.1. The van der Waals surface area contributed by atoms with Crippen LogP contribution in [0.1, 0.15) is 11.1 Å². The van der Waals surface area contributed by atoms with Crippen molar-refractivity contribution in [2.75, 3.05) is 0 Å². The highest BCUT2D eigenvalue weighted by Crippen LogP contribution is 2.20. The first kappa shape index (κ1) is 12.5. The molecule has 0 saturated carbocycles. The summed E-state index contributed by atoms with van der Waals surface area (Å²) in [5, 5.41) is 9.24. The Balaban J connectivity index is 2.08. The maximum Gasteiger partial charge on any atom is 0.421 e. The van der Waals surface area contributed by atoms with Crippen LogP contribution in [0.15, 0.2) is 45.7 Å². The van der Waals surface area contributed by atoms with Gasteiger partial charge in [0.2, 0.25) is 0 Å². The highest BCUT2D eigenvalue weighted by atomic mass is 35.5. The lowest BCUT2D eigenvalue weighted by molar-refractivity contribution is 0.517. The molecular weight excluding hydrogens is 278 g/mol. The van der Waals surface area contributed by atoms with Crippen LogP contribution < -0.4 is 5.76 Å². The number of rotatable bonds is 2. The number of halogens is 1. The number of fused-ring (bicyclic) bond motifs is 1. The molecule has 0 saturated heterocycles. The number of nitrogens with zero attached hydrogens (tertiary/aromatic N) is 3. The van der Waals surface area contributed by atoms with Gasteiger partial charge in [-0.3, -0.25) is 4.57 Å². The normalized spacial score (nSPS) is 10.6. The SMILES string of the molecule is N#Cc1ccc(Cn2c(=O)oc3cccnc32)c(Cl)c1. The summed E-state index contributed by atoms with van der Waals surface area (Å²) < 4.78 is 6.51. The molecule has 1 aromatic carbocycles. The summed E-state index contributed by atoms with van der Waals surface area (Å²) in [6.45, 7) is 0.243. The highest BCUT2D eigenvalue weighted by Gasteiger charge is 2.12. The van der Waals surface area contributed by atoms with Gasteiger partial charge in [0.15, 0.2) is 11.2 Å². The minimum absolute atomic E-state index is 0.243. The fraction of sp³-hybridized carbons (Fsp3) is 0.0714. The van der Waals surface area contributed by atoms with E-state index < -0.39 is 5.76 Å². The van der Waals surface area contributed by atoms with Gasteiger partial charge in [0.05, 0.1) is 18.2 Å². The Morgan fingerprint density at radius 1 is 1.40 bits per heavy atom. The molecule has 3 aromatic rings. The molecule has 0 aliphatic carbocycles. The Bertz CT molecular complexity index is 889. The van der Waals surface area contributed by atoms with Gasteiger partial charge >= 0.3 is 5.76 Å². The van der Waals surface area contributed by atoms with Gasteiger partial charge in [-0.25, -0.2) is 9.78 Å². The van der Waals surface area contributed by atoms with Crippen LogP contribution in [0, 0.1) is 11.3 Å². The lowest BCUT2D eigenvalue weighted by Crippen LogP contribution is -2.15. The van der Waals surface area contributed by atoms with E-state index in [4.69, 9.17) is 21.3 Å². The molecule has 0 radical (unpaired) electrons. The second-order valence-corrected chi connectivity index (χ2v) is 4.60. The average Bonchev–Trinajstić information content (AvgIpc) is 2.77. The van der Waals surface area contributed by atoms with Crippen molar-refractivity contribution in [2.45, 2.75) is 6.54 Å². The summed E-state index contributed by atoms with van der Waals surface area (Å²) in [4.78, 5) is 16.0. The van der Waals surface area contributed by atoms with Crippen molar-refractivity contribution >= 4 is 22.8 Å².